The summed E-state index contributed by atoms with van der Waals surface area (Å²) in [7, 11) is 3.92. The number of aliphatic carboxylic acids is 1. The van der Waals surface area contributed by atoms with Gasteiger partial charge in [-0.25, -0.2) is 4.79 Å². The topological polar surface area (TPSA) is 64.3 Å². The van der Waals surface area contributed by atoms with Crippen LogP contribution < -0.4 is 4.90 Å². The van der Waals surface area contributed by atoms with Gasteiger partial charge in [-0.3, -0.25) is 0 Å². The molecule has 0 heterocycles. The first-order chi connectivity index (χ1) is 8.54. The summed E-state index contributed by atoms with van der Waals surface area (Å²) in [6.07, 6.45) is 4.58. The highest BCUT2D eigenvalue weighted by atomic mass is 16.4. The molecule has 4 nitrogen and oxygen atoms in total. The molecular formula is C14H14N2O2. The van der Waals surface area contributed by atoms with E-state index < -0.39 is 5.97 Å². The molecule has 0 aliphatic heterocycles. The summed E-state index contributed by atoms with van der Waals surface area (Å²) < 4.78 is 0. The number of rotatable bonds is 4. The molecule has 0 amide bonds. The van der Waals surface area contributed by atoms with Gasteiger partial charge >= 0.3 is 5.97 Å². The Morgan fingerprint density at radius 1 is 1.33 bits per heavy atom. The molecule has 1 rings (SSSR count). The second-order valence-electron chi connectivity index (χ2n) is 3.84. The van der Waals surface area contributed by atoms with Gasteiger partial charge in [-0.15, -0.1) is 0 Å². The molecule has 0 atom stereocenters. The molecule has 0 unspecified atom stereocenters. The van der Waals surface area contributed by atoms with Crippen LogP contribution in [0, 0.1) is 11.3 Å². The number of carboxylic acids is 1. The predicted octanol–water partition coefficient (Wildman–Crippen LogP) is 2.30. The minimum Gasteiger partial charge on any atom is -0.477 e. The van der Waals surface area contributed by atoms with Crippen molar-refractivity contribution in [3.8, 4) is 6.07 Å². The van der Waals surface area contributed by atoms with Crippen LogP contribution in [0.3, 0.4) is 0 Å². The molecule has 92 valence electrons. The van der Waals surface area contributed by atoms with E-state index in [1.165, 1.54) is 6.08 Å². The van der Waals surface area contributed by atoms with Gasteiger partial charge in [0.15, 0.2) is 0 Å². The summed E-state index contributed by atoms with van der Waals surface area (Å²) in [5.74, 6) is -1.22. The van der Waals surface area contributed by atoms with Crippen molar-refractivity contribution < 1.29 is 9.90 Å². The van der Waals surface area contributed by atoms with E-state index in [9.17, 15) is 4.79 Å². The second-order valence-corrected chi connectivity index (χ2v) is 3.84. The molecule has 1 aromatic carbocycles. The molecule has 0 fully saturated rings. The first-order valence-electron chi connectivity index (χ1n) is 5.33. The van der Waals surface area contributed by atoms with E-state index in [1.807, 2.05) is 43.3 Å². The molecule has 0 bridgehead atoms. The fourth-order valence-electron chi connectivity index (χ4n) is 1.30. The lowest BCUT2D eigenvalue weighted by Gasteiger charge is -2.11. The number of allylic oxidation sites excluding steroid dienone is 2. The number of carbonyl (C=O) groups is 1. The minimum absolute atomic E-state index is 0.281. The van der Waals surface area contributed by atoms with Crippen LogP contribution in [0.1, 0.15) is 5.56 Å². The van der Waals surface area contributed by atoms with Gasteiger partial charge in [-0.05, 0) is 23.8 Å². The van der Waals surface area contributed by atoms with Crippen LogP contribution in [0.4, 0.5) is 5.69 Å². The lowest BCUT2D eigenvalue weighted by atomic mass is 10.1. The summed E-state index contributed by atoms with van der Waals surface area (Å²) in [6.45, 7) is 0. The van der Waals surface area contributed by atoms with Crippen molar-refractivity contribution in [2.45, 2.75) is 0 Å². The fourth-order valence-corrected chi connectivity index (χ4v) is 1.30. The van der Waals surface area contributed by atoms with Gasteiger partial charge in [-0.1, -0.05) is 24.3 Å². The largest absolute Gasteiger partial charge is 0.477 e. The zero-order valence-corrected chi connectivity index (χ0v) is 10.3. The van der Waals surface area contributed by atoms with Gasteiger partial charge in [0.1, 0.15) is 11.6 Å². The third-order valence-electron chi connectivity index (χ3n) is 2.31. The van der Waals surface area contributed by atoms with Gasteiger partial charge in [0.2, 0.25) is 0 Å². The van der Waals surface area contributed by atoms with Gasteiger partial charge in [-0.2, -0.15) is 5.26 Å². The normalized spacial score (nSPS) is 11.3. The van der Waals surface area contributed by atoms with Crippen LogP contribution in [0.15, 0.2) is 42.0 Å². The Hall–Kier alpha value is -2.54. The second kappa shape index (κ2) is 6.26. The Morgan fingerprint density at radius 3 is 2.39 bits per heavy atom. The van der Waals surface area contributed by atoms with Crippen LogP contribution in [0.2, 0.25) is 0 Å². The number of anilines is 1. The first kappa shape index (κ1) is 13.5. The van der Waals surface area contributed by atoms with E-state index in [0.29, 0.717) is 0 Å². The molecule has 4 heteroatoms. The van der Waals surface area contributed by atoms with Gasteiger partial charge < -0.3 is 10.0 Å². The average Bonchev–Trinajstić information content (AvgIpc) is 2.34. The number of nitriles is 1. The molecule has 0 saturated carbocycles. The van der Waals surface area contributed by atoms with E-state index >= 15 is 0 Å². The zero-order valence-electron chi connectivity index (χ0n) is 10.3. The molecule has 1 N–H and O–H groups in total. The van der Waals surface area contributed by atoms with Crippen LogP contribution in [-0.4, -0.2) is 25.2 Å². The van der Waals surface area contributed by atoms with Crippen molar-refractivity contribution in [2.24, 2.45) is 0 Å². The number of hydrogen-bond donors (Lipinski definition) is 1. The standard InChI is InChI=1S/C14H14N2O2/c1-16(2)13-8-6-11(7-9-13)4-3-5-12(10-15)14(17)18/h3-9H,1-2H3,(H,17,18)/b4-3+,12-5-. The van der Waals surface area contributed by atoms with E-state index in [4.69, 9.17) is 10.4 Å². The SMILES string of the molecule is CN(C)c1ccc(/C=C/C=C(/C#N)C(=O)O)cc1. The quantitative estimate of drug-likeness (QED) is 0.500. The third-order valence-corrected chi connectivity index (χ3v) is 2.31. The summed E-state index contributed by atoms with van der Waals surface area (Å²) >= 11 is 0. The third kappa shape index (κ3) is 3.80. The van der Waals surface area contributed by atoms with Crippen LogP contribution >= 0.6 is 0 Å². The Kier molecular flexibility index (Phi) is 4.70. The number of hydrogen-bond acceptors (Lipinski definition) is 3. The maximum absolute atomic E-state index is 10.6. The number of carboxylic acid groups (broad SMARTS) is 1. The number of nitrogens with zero attached hydrogens (tertiary/aromatic N) is 2. The molecular weight excluding hydrogens is 228 g/mol. The Balaban J connectivity index is 2.80. The van der Waals surface area contributed by atoms with Gasteiger partial charge in [0, 0.05) is 19.8 Å². The maximum Gasteiger partial charge on any atom is 0.346 e. The Bertz CT molecular complexity index is 520. The van der Waals surface area contributed by atoms with Crippen molar-refractivity contribution in [3.63, 3.8) is 0 Å². The van der Waals surface area contributed by atoms with Crippen LogP contribution in [0.25, 0.3) is 6.08 Å². The van der Waals surface area contributed by atoms with E-state index in [0.717, 1.165) is 11.3 Å². The van der Waals surface area contributed by atoms with Crippen molar-refractivity contribution in [2.75, 3.05) is 19.0 Å². The van der Waals surface area contributed by atoms with E-state index in [2.05, 4.69) is 0 Å². The van der Waals surface area contributed by atoms with E-state index in [1.54, 1.807) is 18.2 Å². The highest BCUT2D eigenvalue weighted by Gasteiger charge is 2.02. The van der Waals surface area contributed by atoms with Crippen molar-refractivity contribution in [3.05, 3.63) is 47.6 Å². The van der Waals surface area contributed by atoms with Crippen LogP contribution in [-0.2, 0) is 4.79 Å². The summed E-state index contributed by atoms with van der Waals surface area (Å²) in [6, 6.07) is 9.39. The average molecular weight is 242 g/mol. The van der Waals surface area contributed by atoms with Crippen molar-refractivity contribution in [1.82, 2.24) is 0 Å². The highest BCUT2D eigenvalue weighted by Crippen LogP contribution is 2.13. The monoisotopic (exact) mass is 242 g/mol. The molecule has 0 spiro atoms. The highest BCUT2D eigenvalue weighted by molar-refractivity contribution is 5.91. The number of benzene rings is 1. The Morgan fingerprint density at radius 2 is 1.94 bits per heavy atom. The minimum atomic E-state index is -1.22. The van der Waals surface area contributed by atoms with Gasteiger partial charge in [0.25, 0.3) is 0 Å². The van der Waals surface area contributed by atoms with Crippen molar-refractivity contribution in [1.29, 1.82) is 5.26 Å². The molecule has 0 radical (unpaired) electrons. The summed E-state index contributed by atoms with van der Waals surface area (Å²) in [5, 5.41) is 17.2. The van der Waals surface area contributed by atoms with Crippen molar-refractivity contribution >= 4 is 17.7 Å². The molecule has 0 saturated heterocycles. The first-order valence-corrected chi connectivity index (χ1v) is 5.33. The molecule has 0 aliphatic carbocycles. The lowest BCUT2D eigenvalue weighted by Crippen LogP contribution is -2.07. The molecule has 0 aromatic heterocycles. The van der Waals surface area contributed by atoms with Gasteiger partial charge in [0.05, 0.1) is 0 Å². The maximum atomic E-state index is 10.6. The summed E-state index contributed by atoms with van der Waals surface area (Å²) in [4.78, 5) is 12.6. The Labute approximate surface area is 106 Å². The summed E-state index contributed by atoms with van der Waals surface area (Å²) in [5.41, 5.74) is 1.75. The molecule has 18 heavy (non-hydrogen) atoms. The van der Waals surface area contributed by atoms with Crippen LogP contribution in [0.5, 0.6) is 0 Å². The smallest absolute Gasteiger partial charge is 0.346 e. The fraction of sp³-hybridized carbons (Fsp3) is 0.143. The zero-order chi connectivity index (χ0) is 13.5. The molecule has 1 aromatic rings. The molecule has 0 aliphatic rings. The lowest BCUT2D eigenvalue weighted by molar-refractivity contribution is -0.132. The predicted molar refractivity (Wildman–Crippen MR) is 71.1 cm³/mol. The van der Waals surface area contributed by atoms with E-state index in [-0.39, 0.29) is 5.57 Å².